The second kappa shape index (κ2) is 3.33. The van der Waals surface area contributed by atoms with Crippen LogP contribution in [0.15, 0.2) is 0 Å². The summed E-state index contributed by atoms with van der Waals surface area (Å²) in [4.78, 5) is 12.1. The summed E-state index contributed by atoms with van der Waals surface area (Å²) in [5, 5.41) is 10.1. The molecule has 0 bridgehead atoms. The number of carbonyl (C=O) groups is 1. The highest BCUT2D eigenvalue weighted by atomic mass is 16.6. The first-order chi connectivity index (χ1) is 7.84. The van der Waals surface area contributed by atoms with E-state index in [4.69, 9.17) is 4.74 Å². The molecular formula is C14H22O3. The monoisotopic (exact) mass is 238 g/mol. The predicted octanol–water partition coefficient (Wildman–Crippen LogP) is 1.92. The number of aliphatic hydroxyl groups is 1. The third kappa shape index (κ3) is 1.59. The normalized spacial score (nSPS) is 52.4. The van der Waals surface area contributed by atoms with Crippen molar-refractivity contribution in [1.29, 1.82) is 0 Å². The van der Waals surface area contributed by atoms with Crippen LogP contribution in [0.3, 0.4) is 0 Å². The Morgan fingerprint density at radius 3 is 2.71 bits per heavy atom. The van der Waals surface area contributed by atoms with Crippen LogP contribution in [0.25, 0.3) is 0 Å². The van der Waals surface area contributed by atoms with Gasteiger partial charge in [0.05, 0.1) is 12.2 Å². The zero-order valence-corrected chi connectivity index (χ0v) is 10.9. The van der Waals surface area contributed by atoms with Crippen LogP contribution in [0.2, 0.25) is 0 Å². The third-order valence-electron chi connectivity index (χ3n) is 5.42. The summed E-state index contributed by atoms with van der Waals surface area (Å²) >= 11 is 0. The molecule has 2 saturated carbocycles. The van der Waals surface area contributed by atoms with E-state index in [2.05, 4.69) is 13.8 Å². The number of ketones is 1. The second-order valence-corrected chi connectivity index (χ2v) is 6.95. The predicted molar refractivity (Wildman–Crippen MR) is 63.5 cm³/mol. The van der Waals surface area contributed by atoms with Crippen LogP contribution in [0.5, 0.6) is 0 Å². The van der Waals surface area contributed by atoms with Crippen molar-refractivity contribution in [2.75, 3.05) is 0 Å². The number of hydrogen-bond donors (Lipinski definition) is 1. The summed E-state index contributed by atoms with van der Waals surface area (Å²) in [5.41, 5.74) is -0.108. The number of ether oxygens (including phenoxy) is 1. The average molecular weight is 238 g/mol. The molecule has 0 aromatic heterocycles. The Labute approximate surface area is 103 Å². The first kappa shape index (κ1) is 11.7. The maximum atomic E-state index is 12.1. The van der Waals surface area contributed by atoms with E-state index in [9.17, 15) is 9.90 Å². The van der Waals surface area contributed by atoms with Gasteiger partial charge in [-0.25, -0.2) is 0 Å². The molecule has 3 nitrogen and oxygen atoms in total. The fourth-order valence-corrected chi connectivity index (χ4v) is 3.90. The van der Waals surface area contributed by atoms with Gasteiger partial charge in [0.2, 0.25) is 0 Å². The minimum absolute atomic E-state index is 0.162. The van der Waals surface area contributed by atoms with Crippen molar-refractivity contribution in [3.8, 4) is 0 Å². The number of carbonyl (C=O) groups excluding carboxylic acids is 1. The van der Waals surface area contributed by atoms with Crippen molar-refractivity contribution in [3.63, 3.8) is 0 Å². The van der Waals surface area contributed by atoms with Crippen molar-refractivity contribution in [3.05, 3.63) is 0 Å². The van der Waals surface area contributed by atoms with Crippen LogP contribution in [-0.2, 0) is 9.53 Å². The van der Waals surface area contributed by atoms with Gasteiger partial charge < -0.3 is 9.84 Å². The minimum Gasteiger partial charge on any atom is -0.390 e. The molecule has 1 heterocycles. The summed E-state index contributed by atoms with van der Waals surface area (Å²) in [7, 11) is 0. The van der Waals surface area contributed by atoms with E-state index in [-0.39, 0.29) is 23.0 Å². The second-order valence-electron chi connectivity index (χ2n) is 6.95. The Morgan fingerprint density at radius 1 is 1.35 bits per heavy atom. The Bertz CT molecular complexity index is 362. The van der Waals surface area contributed by atoms with Crippen molar-refractivity contribution < 1.29 is 14.6 Å². The number of epoxide rings is 1. The fourth-order valence-electron chi connectivity index (χ4n) is 3.90. The van der Waals surface area contributed by atoms with E-state index in [1.165, 1.54) is 0 Å². The largest absolute Gasteiger partial charge is 0.390 e. The number of Topliss-reactive ketones (excluding diaryl/α,β-unsaturated/α-hetero) is 1. The van der Waals surface area contributed by atoms with Crippen LogP contribution >= 0.6 is 0 Å². The van der Waals surface area contributed by atoms with Crippen molar-refractivity contribution in [1.82, 2.24) is 0 Å². The lowest BCUT2D eigenvalue weighted by atomic mass is 9.53. The molecule has 1 aliphatic heterocycles. The molecule has 1 saturated heterocycles. The van der Waals surface area contributed by atoms with Crippen molar-refractivity contribution in [2.24, 2.45) is 17.3 Å². The molecular weight excluding hydrogens is 216 g/mol. The molecule has 17 heavy (non-hydrogen) atoms. The topological polar surface area (TPSA) is 49.8 Å². The van der Waals surface area contributed by atoms with Gasteiger partial charge in [-0.15, -0.1) is 0 Å². The van der Waals surface area contributed by atoms with Gasteiger partial charge in [-0.05, 0) is 37.5 Å². The molecule has 5 atom stereocenters. The molecule has 1 N–H and O–H groups in total. The molecule has 0 spiro atoms. The number of hydrogen-bond acceptors (Lipinski definition) is 3. The molecule has 5 unspecified atom stereocenters. The summed E-state index contributed by atoms with van der Waals surface area (Å²) in [6.45, 7) is 6.48. The van der Waals surface area contributed by atoms with Crippen molar-refractivity contribution >= 4 is 5.78 Å². The van der Waals surface area contributed by atoms with Crippen LogP contribution < -0.4 is 0 Å². The third-order valence-corrected chi connectivity index (χ3v) is 5.42. The standard InChI is InChI=1S/C14H22O3/c1-13(2)7-8-9(13)6-12-14(3,17-12)11(16)5-4-10(8)15/h8-9,11-12,16H,4-7H2,1-3H3. The van der Waals surface area contributed by atoms with Crippen molar-refractivity contribution in [2.45, 2.75) is 64.3 Å². The molecule has 3 rings (SSSR count). The lowest BCUT2D eigenvalue weighted by Gasteiger charge is -2.51. The van der Waals surface area contributed by atoms with E-state index in [1.54, 1.807) is 0 Å². The van der Waals surface area contributed by atoms with Gasteiger partial charge in [-0.3, -0.25) is 4.79 Å². The van der Waals surface area contributed by atoms with Crippen LogP contribution in [0.4, 0.5) is 0 Å². The molecule has 3 fully saturated rings. The molecule has 0 aromatic carbocycles. The summed E-state index contributed by atoms with van der Waals surface area (Å²) in [6.07, 6.45) is 2.72. The maximum Gasteiger partial charge on any atom is 0.136 e. The lowest BCUT2D eigenvalue weighted by Crippen LogP contribution is -2.48. The van der Waals surface area contributed by atoms with Gasteiger partial charge in [0.15, 0.2) is 0 Å². The van der Waals surface area contributed by atoms with E-state index in [0.29, 0.717) is 24.5 Å². The minimum atomic E-state index is -0.475. The lowest BCUT2D eigenvalue weighted by molar-refractivity contribution is -0.137. The van der Waals surface area contributed by atoms with Gasteiger partial charge >= 0.3 is 0 Å². The Balaban J connectivity index is 1.83. The molecule has 2 aliphatic carbocycles. The summed E-state index contributed by atoms with van der Waals surface area (Å²) in [5.74, 6) is 1.04. The number of rotatable bonds is 0. The van der Waals surface area contributed by atoms with Gasteiger partial charge in [-0.1, -0.05) is 13.8 Å². The Kier molecular flexibility index (Phi) is 2.28. The highest BCUT2D eigenvalue weighted by Gasteiger charge is 2.62. The summed E-state index contributed by atoms with van der Waals surface area (Å²) in [6, 6.07) is 0. The first-order valence-corrected chi connectivity index (χ1v) is 6.73. The van der Waals surface area contributed by atoms with Gasteiger partial charge in [-0.2, -0.15) is 0 Å². The molecule has 0 amide bonds. The summed E-state index contributed by atoms with van der Waals surface area (Å²) < 4.78 is 5.71. The molecule has 0 radical (unpaired) electrons. The van der Waals surface area contributed by atoms with E-state index < -0.39 is 6.10 Å². The van der Waals surface area contributed by atoms with E-state index in [0.717, 1.165) is 12.8 Å². The number of fused-ring (bicyclic) bond motifs is 2. The Morgan fingerprint density at radius 2 is 2.06 bits per heavy atom. The highest BCUT2D eigenvalue weighted by molar-refractivity contribution is 5.82. The fraction of sp³-hybridized carbons (Fsp3) is 0.929. The smallest absolute Gasteiger partial charge is 0.136 e. The molecule has 0 aromatic rings. The van der Waals surface area contributed by atoms with E-state index >= 15 is 0 Å². The van der Waals surface area contributed by atoms with E-state index in [1.807, 2.05) is 6.92 Å². The molecule has 96 valence electrons. The average Bonchev–Trinajstić information content (AvgIpc) is 2.91. The quantitative estimate of drug-likeness (QED) is 0.656. The first-order valence-electron chi connectivity index (χ1n) is 6.73. The highest BCUT2D eigenvalue weighted by Crippen LogP contribution is 2.58. The van der Waals surface area contributed by atoms with Gasteiger partial charge in [0, 0.05) is 12.3 Å². The SMILES string of the molecule is CC1(C)CC2C(=O)CCC(O)C3(C)OC3CC21. The van der Waals surface area contributed by atoms with Crippen LogP contribution in [0, 0.1) is 17.3 Å². The molecule has 3 heteroatoms. The Hall–Kier alpha value is -0.410. The zero-order chi connectivity index (χ0) is 12.4. The van der Waals surface area contributed by atoms with Gasteiger partial charge in [0.25, 0.3) is 0 Å². The maximum absolute atomic E-state index is 12.1. The van der Waals surface area contributed by atoms with Crippen LogP contribution in [0.1, 0.15) is 46.5 Å². The van der Waals surface area contributed by atoms with Gasteiger partial charge in [0.1, 0.15) is 11.4 Å². The van der Waals surface area contributed by atoms with Crippen LogP contribution in [-0.4, -0.2) is 28.7 Å². The zero-order valence-electron chi connectivity index (χ0n) is 10.9. The molecule has 3 aliphatic rings. The number of aliphatic hydroxyl groups excluding tert-OH is 1.